The summed E-state index contributed by atoms with van der Waals surface area (Å²) in [4.78, 5) is 1.30. The quantitative estimate of drug-likeness (QED) is 0.474. The van der Waals surface area contributed by atoms with Crippen LogP contribution in [0.2, 0.25) is 0 Å². The van der Waals surface area contributed by atoms with Gasteiger partial charge in [-0.25, -0.2) is 8.42 Å². The molecule has 1 aromatic heterocycles. The van der Waals surface area contributed by atoms with Gasteiger partial charge in [-0.15, -0.1) is 11.3 Å². The molecule has 1 atom stereocenters. The highest BCUT2D eigenvalue weighted by atomic mass is 32.2. The molecule has 0 bridgehead atoms. The molecule has 140 valence electrons. The van der Waals surface area contributed by atoms with E-state index >= 15 is 0 Å². The second-order valence-corrected chi connectivity index (χ2v) is 10.1. The number of allylic oxidation sites excluding steroid dienone is 4. The van der Waals surface area contributed by atoms with Crippen LogP contribution in [0.5, 0.6) is 0 Å². The van der Waals surface area contributed by atoms with E-state index in [9.17, 15) is 8.42 Å². The molecular formula is C22H28O2S2. The van der Waals surface area contributed by atoms with E-state index in [0.29, 0.717) is 11.3 Å². The smallest absolute Gasteiger partial charge is 0.186 e. The SMILES string of the molecule is CC(C)=CCC/C(C)=C\CC(c1cccs1)S(=O)(=O)c1ccc(C)cc1. The van der Waals surface area contributed by atoms with Crippen molar-refractivity contribution in [2.24, 2.45) is 0 Å². The minimum absolute atomic E-state index is 0.400. The third-order valence-electron chi connectivity index (χ3n) is 4.36. The minimum atomic E-state index is -3.42. The fourth-order valence-corrected chi connectivity index (χ4v) is 5.61. The van der Waals surface area contributed by atoms with Gasteiger partial charge in [0.05, 0.1) is 4.90 Å². The molecule has 0 aliphatic rings. The molecule has 1 unspecified atom stereocenters. The van der Waals surface area contributed by atoms with Gasteiger partial charge in [-0.3, -0.25) is 0 Å². The van der Waals surface area contributed by atoms with Crippen LogP contribution in [0.25, 0.3) is 0 Å². The first-order valence-electron chi connectivity index (χ1n) is 8.93. The van der Waals surface area contributed by atoms with Crippen molar-refractivity contribution < 1.29 is 8.42 Å². The van der Waals surface area contributed by atoms with Crippen molar-refractivity contribution in [3.8, 4) is 0 Å². The Hall–Kier alpha value is -1.65. The van der Waals surface area contributed by atoms with Crippen molar-refractivity contribution in [2.75, 3.05) is 0 Å². The van der Waals surface area contributed by atoms with Crippen molar-refractivity contribution >= 4 is 21.2 Å². The number of rotatable bonds is 8. The molecule has 0 fully saturated rings. The Balaban J connectivity index is 2.24. The maximum absolute atomic E-state index is 13.2. The zero-order valence-electron chi connectivity index (χ0n) is 16.0. The lowest BCUT2D eigenvalue weighted by Crippen LogP contribution is -2.12. The van der Waals surface area contributed by atoms with Crippen molar-refractivity contribution in [1.29, 1.82) is 0 Å². The van der Waals surface area contributed by atoms with Crippen molar-refractivity contribution in [3.63, 3.8) is 0 Å². The van der Waals surface area contributed by atoms with Crippen LogP contribution in [0.3, 0.4) is 0 Å². The number of thiophene rings is 1. The Morgan fingerprint density at radius 2 is 1.77 bits per heavy atom. The molecule has 2 rings (SSSR count). The Kier molecular flexibility index (Phi) is 7.42. The summed E-state index contributed by atoms with van der Waals surface area (Å²) < 4.78 is 26.5. The topological polar surface area (TPSA) is 34.1 Å². The fourth-order valence-electron chi connectivity index (χ4n) is 2.76. The lowest BCUT2D eigenvalue weighted by atomic mass is 10.1. The third-order valence-corrected chi connectivity index (χ3v) is 7.62. The first kappa shape index (κ1) is 20.7. The van der Waals surface area contributed by atoms with E-state index in [0.717, 1.165) is 23.3 Å². The molecule has 1 aromatic carbocycles. The van der Waals surface area contributed by atoms with Crippen LogP contribution in [-0.2, 0) is 9.84 Å². The van der Waals surface area contributed by atoms with Gasteiger partial charge in [-0.1, -0.05) is 47.1 Å². The summed E-state index contributed by atoms with van der Waals surface area (Å²) in [6.07, 6.45) is 6.79. The van der Waals surface area contributed by atoms with Gasteiger partial charge in [0.2, 0.25) is 0 Å². The average Bonchev–Trinajstić information content (AvgIpc) is 3.09. The van der Waals surface area contributed by atoms with Gasteiger partial charge in [-0.05, 0) is 70.5 Å². The van der Waals surface area contributed by atoms with Gasteiger partial charge in [0.1, 0.15) is 5.25 Å². The van der Waals surface area contributed by atoms with E-state index in [4.69, 9.17) is 0 Å². The third kappa shape index (κ3) is 5.68. The van der Waals surface area contributed by atoms with Gasteiger partial charge in [0.15, 0.2) is 9.84 Å². The maximum atomic E-state index is 13.2. The average molecular weight is 389 g/mol. The lowest BCUT2D eigenvalue weighted by Gasteiger charge is -2.16. The van der Waals surface area contributed by atoms with Crippen LogP contribution < -0.4 is 0 Å². The van der Waals surface area contributed by atoms with Gasteiger partial charge < -0.3 is 0 Å². The Morgan fingerprint density at radius 3 is 2.35 bits per heavy atom. The van der Waals surface area contributed by atoms with Crippen LogP contribution in [0, 0.1) is 6.92 Å². The standard InChI is InChI=1S/C22H28O2S2/c1-17(2)7-5-8-18(3)12-15-22(21-9-6-16-25-21)26(23,24)20-13-10-19(4)11-14-20/h6-7,9-14,16,22H,5,8,15H2,1-4H3/b18-12-. The highest BCUT2D eigenvalue weighted by Gasteiger charge is 2.29. The number of benzene rings is 1. The molecule has 1 heterocycles. The highest BCUT2D eigenvalue weighted by molar-refractivity contribution is 7.91. The van der Waals surface area contributed by atoms with E-state index in [1.165, 1.54) is 22.5 Å². The second kappa shape index (κ2) is 9.33. The predicted octanol–water partition coefficient (Wildman–Crippen LogP) is 6.65. The van der Waals surface area contributed by atoms with Gasteiger partial charge >= 0.3 is 0 Å². The molecule has 0 saturated carbocycles. The van der Waals surface area contributed by atoms with Crippen molar-refractivity contribution in [3.05, 3.63) is 75.5 Å². The van der Waals surface area contributed by atoms with Crippen LogP contribution in [0.1, 0.15) is 55.7 Å². The fraction of sp³-hybridized carbons (Fsp3) is 0.364. The zero-order chi connectivity index (χ0) is 19.2. The summed E-state index contributed by atoms with van der Waals surface area (Å²) in [6.45, 7) is 8.24. The molecule has 4 heteroatoms. The molecule has 2 aromatic rings. The molecule has 0 amide bonds. The van der Waals surface area contributed by atoms with Crippen LogP contribution in [0.15, 0.2) is 70.0 Å². The van der Waals surface area contributed by atoms with Crippen molar-refractivity contribution in [2.45, 2.75) is 57.1 Å². The summed E-state index contributed by atoms with van der Waals surface area (Å²) >= 11 is 1.51. The maximum Gasteiger partial charge on any atom is 0.186 e. The summed E-state index contributed by atoms with van der Waals surface area (Å²) in [5, 5.41) is 1.42. The van der Waals surface area contributed by atoms with E-state index in [1.807, 2.05) is 36.6 Å². The summed E-state index contributed by atoms with van der Waals surface area (Å²) in [5.41, 5.74) is 3.62. The Morgan fingerprint density at radius 1 is 1.08 bits per heavy atom. The Labute approximate surface area is 162 Å². The lowest BCUT2D eigenvalue weighted by molar-refractivity contribution is 0.583. The molecule has 0 aliphatic carbocycles. The van der Waals surface area contributed by atoms with Gasteiger partial charge in [0.25, 0.3) is 0 Å². The number of hydrogen-bond donors (Lipinski definition) is 0. The van der Waals surface area contributed by atoms with Crippen LogP contribution in [0.4, 0.5) is 0 Å². The number of aryl methyl sites for hydroxylation is 1. The molecule has 2 nitrogen and oxygen atoms in total. The molecule has 0 aliphatic heterocycles. The predicted molar refractivity (Wildman–Crippen MR) is 112 cm³/mol. The van der Waals surface area contributed by atoms with E-state index in [1.54, 1.807) is 12.1 Å². The van der Waals surface area contributed by atoms with Gasteiger partial charge in [0, 0.05) is 4.88 Å². The summed E-state index contributed by atoms with van der Waals surface area (Å²) in [6, 6.07) is 11.0. The summed E-state index contributed by atoms with van der Waals surface area (Å²) in [5.74, 6) is 0. The zero-order valence-corrected chi connectivity index (χ0v) is 17.7. The first-order valence-corrected chi connectivity index (χ1v) is 11.4. The largest absolute Gasteiger partial charge is 0.223 e. The molecule has 0 saturated heterocycles. The molecule has 0 N–H and O–H groups in total. The molecule has 26 heavy (non-hydrogen) atoms. The normalized spacial score (nSPS) is 13.5. The Bertz CT molecular complexity index is 851. The van der Waals surface area contributed by atoms with Gasteiger partial charge in [-0.2, -0.15) is 0 Å². The van der Waals surface area contributed by atoms with Crippen molar-refractivity contribution in [1.82, 2.24) is 0 Å². The van der Waals surface area contributed by atoms with Crippen LogP contribution >= 0.6 is 11.3 Å². The monoisotopic (exact) mass is 388 g/mol. The second-order valence-electron chi connectivity index (χ2n) is 6.97. The van der Waals surface area contributed by atoms with E-state index in [-0.39, 0.29) is 0 Å². The minimum Gasteiger partial charge on any atom is -0.223 e. The first-order chi connectivity index (χ1) is 12.3. The summed E-state index contributed by atoms with van der Waals surface area (Å²) in [7, 11) is -3.42. The van der Waals surface area contributed by atoms with E-state index < -0.39 is 15.1 Å². The number of sulfone groups is 1. The van der Waals surface area contributed by atoms with Crippen LogP contribution in [-0.4, -0.2) is 8.42 Å². The molecule has 0 spiro atoms. The van der Waals surface area contributed by atoms with E-state index in [2.05, 4.69) is 32.9 Å². The molecule has 0 radical (unpaired) electrons. The molecular weight excluding hydrogens is 360 g/mol. The highest BCUT2D eigenvalue weighted by Crippen LogP contribution is 2.35. The number of hydrogen-bond acceptors (Lipinski definition) is 3.